The van der Waals surface area contributed by atoms with Gasteiger partial charge in [0.1, 0.15) is 5.25 Å². The van der Waals surface area contributed by atoms with Crippen LogP contribution in [-0.4, -0.2) is 44.7 Å². The molecule has 0 aromatic rings. The molecular formula is C16H32O4S2. The first-order valence-corrected chi connectivity index (χ1v) is 10.3. The fourth-order valence-corrected chi connectivity index (χ4v) is 3.82. The number of hydrogen-bond acceptors (Lipinski definition) is 4. The predicted octanol–water partition coefficient (Wildman–Crippen LogP) is 4.77. The summed E-state index contributed by atoms with van der Waals surface area (Å²) >= 11 is 3.40. The Balaban J connectivity index is 0. The van der Waals surface area contributed by atoms with E-state index in [4.69, 9.17) is 10.2 Å². The van der Waals surface area contributed by atoms with Crippen LogP contribution in [0.25, 0.3) is 0 Å². The van der Waals surface area contributed by atoms with Crippen LogP contribution in [0.4, 0.5) is 0 Å². The first kappa shape index (κ1) is 23.9. The van der Waals surface area contributed by atoms with E-state index in [1.54, 1.807) is 30.4 Å². The number of rotatable bonds is 13. The van der Waals surface area contributed by atoms with Gasteiger partial charge in [0.05, 0.1) is 0 Å². The molecule has 132 valence electrons. The minimum absolute atomic E-state index is 0.210. The van der Waals surface area contributed by atoms with Crippen molar-refractivity contribution in [2.24, 2.45) is 0 Å². The molecule has 1 unspecified atom stereocenters. The first-order chi connectivity index (χ1) is 10.5. The molecule has 0 aliphatic carbocycles. The quantitative estimate of drug-likeness (QED) is 0.465. The Morgan fingerprint density at radius 1 is 0.909 bits per heavy atom. The third-order valence-corrected chi connectivity index (χ3v) is 5.46. The van der Waals surface area contributed by atoms with Crippen molar-refractivity contribution >= 4 is 35.5 Å². The van der Waals surface area contributed by atoms with Crippen LogP contribution in [0, 0.1) is 0 Å². The van der Waals surface area contributed by atoms with Crippen molar-refractivity contribution < 1.29 is 19.8 Å². The molecule has 0 aliphatic rings. The third kappa shape index (κ3) is 19.6. The van der Waals surface area contributed by atoms with Crippen molar-refractivity contribution in [2.75, 3.05) is 17.3 Å². The SMILES string of the molecule is CCC(=O)O.CCCCCSCC(SCCCCC)C(=O)O. The molecule has 0 aromatic heterocycles. The zero-order chi connectivity index (χ0) is 17.2. The molecule has 0 radical (unpaired) electrons. The van der Waals surface area contributed by atoms with E-state index in [1.165, 1.54) is 32.1 Å². The van der Waals surface area contributed by atoms with E-state index >= 15 is 0 Å². The Labute approximate surface area is 143 Å². The maximum absolute atomic E-state index is 11.0. The molecule has 0 saturated heterocycles. The third-order valence-electron chi connectivity index (χ3n) is 2.81. The zero-order valence-corrected chi connectivity index (χ0v) is 15.8. The lowest BCUT2D eigenvalue weighted by Gasteiger charge is -2.11. The molecule has 1 atom stereocenters. The summed E-state index contributed by atoms with van der Waals surface area (Å²) in [4.78, 5) is 20.4. The lowest BCUT2D eigenvalue weighted by atomic mass is 10.3. The zero-order valence-electron chi connectivity index (χ0n) is 14.2. The van der Waals surface area contributed by atoms with E-state index in [-0.39, 0.29) is 11.7 Å². The molecule has 0 saturated carbocycles. The number of thioether (sulfide) groups is 2. The van der Waals surface area contributed by atoms with Gasteiger partial charge in [-0.3, -0.25) is 9.59 Å². The summed E-state index contributed by atoms with van der Waals surface area (Å²) in [5, 5.41) is 16.6. The number of aliphatic carboxylic acids is 2. The van der Waals surface area contributed by atoms with E-state index in [0.29, 0.717) is 0 Å². The summed E-state index contributed by atoms with van der Waals surface area (Å²) in [5.41, 5.74) is 0. The average Bonchev–Trinajstić information content (AvgIpc) is 2.49. The highest BCUT2D eigenvalue weighted by atomic mass is 32.2. The van der Waals surface area contributed by atoms with E-state index in [1.807, 2.05) is 0 Å². The number of carboxylic acids is 2. The van der Waals surface area contributed by atoms with E-state index in [2.05, 4.69) is 13.8 Å². The lowest BCUT2D eigenvalue weighted by Crippen LogP contribution is -2.20. The highest BCUT2D eigenvalue weighted by Gasteiger charge is 2.17. The van der Waals surface area contributed by atoms with Crippen LogP contribution in [0.15, 0.2) is 0 Å². The van der Waals surface area contributed by atoms with Gasteiger partial charge in [-0.05, 0) is 24.3 Å². The van der Waals surface area contributed by atoms with Crippen molar-refractivity contribution in [2.45, 2.75) is 71.0 Å². The van der Waals surface area contributed by atoms with Gasteiger partial charge in [0.2, 0.25) is 0 Å². The van der Waals surface area contributed by atoms with Crippen molar-refractivity contribution in [1.29, 1.82) is 0 Å². The molecule has 0 heterocycles. The molecule has 0 spiro atoms. The van der Waals surface area contributed by atoms with Crippen molar-refractivity contribution in [1.82, 2.24) is 0 Å². The Morgan fingerprint density at radius 2 is 1.41 bits per heavy atom. The summed E-state index contributed by atoms with van der Waals surface area (Å²) in [7, 11) is 0. The van der Waals surface area contributed by atoms with Crippen LogP contribution in [-0.2, 0) is 9.59 Å². The first-order valence-electron chi connectivity index (χ1n) is 8.13. The van der Waals surface area contributed by atoms with Gasteiger partial charge in [0.15, 0.2) is 0 Å². The fourth-order valence-electron chi connectivity index (χ4n) is 1.41. The molecule has 0 bridgehead atoms. The largest absolute Gasteiger partial charge is 0.481 e. The maximum Gasteiger partial charge on any atom is 0.317 e. The molecule has 6 heteroatoms. The van der Waals surface area contributed by atoms with Gasteiger partial charge in [-0.15, -0.1) is 11.8 Å². The fraction of sp³-hybridized carbons (Fsp3) is 0.875. The molecule has 0 rings (SSSR count). The topological polar surface area (TPSA) is 74.6 Å². The summed E-state index contributed by atoms with van der Waals surface area (Å²) in [6.45, 7) is 5.96. The van der Waals surface area contributed by atoms with Gasteiger partial charge in [-0.2, -0.15) is 11.8 Å². The highest BCUT2D eigenvalue weighted by molar-refractivity contribution is 8.03. The summed E-state index contributed by atoms with van der Waals surface area (Å²) in [6.07, 6.45) is 7.48. The highest BCUT2D eigenvalue weighted by Crippen LogP contribution is 2.19. The van der Waals surface area contributed by atoms with Crippen molar-refractivity contribution in [3.05, 3.63) is 0 Å². The lowest BCUT2D eigenvalue weighted by molar-refractivity contribution is -0.137. The van der Waals surface area contributed by atoms with Crippen LogP contribution < -0.4 is 0 Å². The molecule has 0 amide bonds. The van der Waals surface area contributed by atoms with Gasteiger partial charge < -0.3 is 10.2 Å². The minimum atomic E-state index is -0.745. The monoisotopic (exact) mass is 352 g/mol. The standard InChI is InChI=1S/C13H26O2S2.C3H6O2/c1-3-5-7-9-16-11-12(13(14)15)17-10-8-6-4-2;1-2-3(4)5/h12H,3-11H2,1-2H3,(H,14,15);2H2,1H3,(H,4,5). The van der Waals surface area contributed by atoms with Crippen molar-refractivity contribution in [3.8, 4) is 0 Å². The Morgan fingerprint density at radius 3 is 1.82 bits per heavy atom. The van der Waals surface area contributed by atoms with E-state index in [9.17, 15) is 9.59 Å². The molecule has 0 aliphatic heterocycles. The van der Waals surface area contributed by atoms with Gasteiger partial charge >= 0.3 is 11.9 Å². The van der Waals surface area contributed by atoms with Crippen LogP contribution in [0.5, 0.6) is 0 Å². The second kappa shape index (κ2) is 18.7. The van der Waals surface area contributed by atoms with Crippen LogP contribution in [0.1, 0.15) is 65.7 Å². The van der Waals surface area contributed by atoms with Gasteiger partial charge in [0.25, 0.3) is 0 Å². The normalized spacial score (nSPS) is 11.4. The summed E-state index contributed by atoms with van der Waals surface area (Å²) in [5.74, 6) is 1.46. The molecular weight excluding hydrogens is 320 g/mol. The Hall–Kier alpha value is -0.360. The smallest absolute Gasteiger partial charge is 0.317 e. The average molecular weight is 353 g/mol. The van der Waals surface area contributed by atoms with Gasteiger partial charge in [-0.1, -0.05) is 46.5 Å². The van der Waals surface area contributed by atoms with Crippen LogP contribution in [0.3, 0.4) is 0 Å². The number of hydrogen-bond donors (Lipinski definition) is 2. The Kier molecular flexibility index (Phi) is 20.3. The number of carboxylic acid groups (broad SMARTS) is 2. The van der Waals surface area contributed by atoms with Crippen LogP contribution in [0.2, 0.25) is 0 Å². The second-order valence-corrected chi connectivity index (χ2v) is 7.39. The second-order valence-electron chi connectivity index (χ2n) is 4.93. The van der Waals surface area contributed by atoms with Crippen molar-refractivity contribution in [3.63, 3.8) is 0 Å². The number of carbonyl (C=O) groups is 2. The molecule has 0 aromatic carbocycles. The number of unbranched alkanes of at least 4 members (excludes halogenated alkanes) is 4. The minimum Gasteiger partial charge on any atom is -0.481 e. The van der Waals surface area contributed by atoms with Crippen LogP contribution >= 0.6 is 23.5 Å². The molecule has 4 nitrogen and oxygen atoms in total. The molecule has 22 heavy (non-hydrogen) atoms. The predicted molar refractivity (Wildman–Crippen MR) is 98.2 cm³/mol. The van der Waals surface area contributed by atoms with Gasteiger partial charge in [-0.25, -0.2) is 0 Å². The van der Waals surface area contributed by atoms with E-state index in [0.717, 1.165) is 23.7 Å². The summed E-state index contributed by atoms with van der Waals surface area (Å²) in [6, 6.07) is 0. The maximum atomic E-state index is 11.0. The molecule has 2 N–H and O–H groups in total. The van der Waals surface area contributed by atoms with Gasteiger partial charge in [0, 0.05) is 12.2 Å². The Bertz CT molecular complexity index is 273. The summed E-state index contributed by atoms with van der Waals surface area (Å²) < 4.78 is 0. The molecule has 0 fully saturated rings. The van der Waals surface area contributed by atoms with E-state index < -0.39 is 11.9 Å².